The van der Waals surface area contributed by atoms with E-state index in [0.717, 1.165) is 12.0 Å². The van der Waals surface area contributed by atoms with Crippen molar-refractivity contribution in [2.75, 3.05) is 0 Å². The first-order chi connectivity index (χ1) is 9.96. The molecule has 0 aliphatic carbocycles. The second-order valence-electron chi connectivity index (χ2n) is 4.66. The molecule has 1 aliphatic heterocycles. The van der Waals surface area contributed by atoms with Crippen molar-refractivity contribution >= 4 is 17.8 Å². The van der Waals surface area contributed by atoms with Crippen LogP contribution in [-0.4, -0.2) is 23.1 Å². The summed E-state index contributed by atoms with van der Waals surface area (Å²) in [5, 5.41) is 9.86. The highest BCUT2D eigenvalue weighted by atomic mass is 16.5. The Morgan fingerprint density at radius 1 is 1.38 bits per heavy atom. The molecule has 5 N–H and O–H groups in total. The summed E-state index contributed by atoms with van der Waals surface area (Å²) in [5.41, 5.74) is 5.94. The Bertz CT molecular complexity index is 518. The molecule has 7 heteroatoms. The first-order valence-electron chi connectivity index (χ1n) is 6.55. The second kappa shape index (κ2) is 7.39. The largest absolute Gasteiger partial charge is 0.350 e. The lowest BCUT2D eigenvalue weighted by Gasteiger charge is -2.34. The van der Waals surface area contributed by atoms with Gasteiger partial charge in [-0.05, 0) is 18.4 Å². The SMILES string of the molecule is CCC1(c2ccccc2)CCC(=O)NC1=O.NC(=O)NO. The number of carbonyl (C=O) groups excluding carboxylic acids is 3. The zero-order valence-corrected chi connectivity index (χ0v) is 11.8. The number of benzene rings is 1. The predicted octanol–water partition coefficient (Wildman–Crippen LogP) is 0.815. The van der Waals surface area contributed by atoms with Crippen molar-refractivity contribution in [1.82, 2.24) is 10.8 Å². The number of amides is 4. The van der Waals surface area contributed by atoms with Gasteiger partial charge in [-0.15, -0.1) is 0 Å². The quantitative estimate of drug-likeness (QED) is 0.366. The number of carbonyl (C=O) groups is 3. The average Bonchev–Trinajstić information content (AvgIpc) is 2.49. The molecule has 1 aromatic carbocycles. The monoisotopic (exact) mass is 293 g/mol. The standard InChI is InChI=1S/C13H15NO2.CH4N2O2/c1-2-13(10-6-4-3-5-7-10)9-8-11(15)14-12(13)16;2-1(4)3-5/h3-7H,2,8-9H2,1H3,(H,14,15,16);5H,(H3,2,3,4). The van der Waals surface area contributed by atoms with E-state index in [4.69, 9.17) is 5.21 Å². The Hall–Kier alpha value is -2.41. The highest BCUT2D eigenvalue weighted by Gasteiger charge is 2.42. The number of nitrogens with two attached hydrogens (primary N) is 1. The Kier molecular flexibility index (Phi) is 5.86. The molecule has 1 fully saturated rings. The number of hydrogen-bond donors (Lipinski definition) is 4. The topological polar surface area (TPSA) is 122 Å². The van der Waals surface area contributed by atoms with Crippen LogP contribution in [0.3, 0.4) is 0 Å². The molecular formula is C14H19N3O4. The maximum Gasteiger partial charge on any atom is 0.335 e. The van der Waals surface area contributed by atoms with E-state index in [1.807, 2.05) is 37.3 Å². The summed E-state index contributed by atoms with van der Waals surface area (Å²) >= 11 is 0. The molecule has 0 spiro atoms. The number of nitrogens with one attached hydrogen (secondary N) is 2. The zero-order chi connectivity index (χ0) is 15.9. The van der Waals surface area contributed by atoms with Crippen LogP contribution < -0.4 is 16.5 Å². The van der Waals surface area contributed by atoms with E-state index in [1.165, 1.54) is 5.48 Å². The lowest BCUT2D eigenvalue weighted by atomic mass is 9.72. The first-order valence-corrected chi connectivity index (χ1v) is 6.55. The van der Waals surface area contributed by atoms with E-state index < -0.39 is 11.4 Å². The number of hydrogen-bond acceptors (Lipinski definition) is 4. The van der Waals surface area contributed by atoms with Crippen LogP contribution in [0.5, 0.6) is 0 Å². The highest BCUT2D eigenvalue weighted by molar-refractivity contribution is 6.03. The van der Waals surface area contributed by atoms with Crippen LogP contribution in [0.4, 0.5) is 4.79 Å². The van der Waals surface area contributed by atoms with E-state index in [2.05, 4.69) is 11.1 Å². The van der Waals surface area contributed by atoms with E-state index >= 15 is 0 Å². The highest BCUT2D eigenvalue weighted by Crippen LogP contribution is 2.35. The average molecular weight is 293 g/mol. The summed E-state index contributed by atoms with van der Waals surface area (Å²) in [6.07, 6.45) is 1.75. The van der Waals surface area contributed by atoms with Crippen molar-refractivity contribution in [2.24, 2.45) is 5.73 Å². The molecule has 4 amide bonds. The summed E-state index contributed by atoms with van der Waals surface area (Å²) < 4.78 is 0. The minimum Gasteiger partial charge on any atom is -0.350 e. The minimum atomic E-state index is -0.940. The smallest absolute Gasteiger partial charge is 0.335 e. The normalized spacial score (nSPS) is 20.9. The van der Waals surface area contributed by atoms with Gasteiger partial charge >= 0.3 is 6.03 Å². The van der Waals surface area contributed by atoms with Crippen LogP contribution in [0, 0.1) is 0 Å². The van der Waals surface area contributed by atoms with Crippen LogP contribution >= 0.6 is 0 Å². The molecule has 1 unspecified atom stereocenters. The maximum absolute atomic E-state index is 12.0. The minimum absolute atomic E-state index is 0.155. The summed E-state index contributed by atoms with van der Waals surface area (Å²) in [7, 11) is 0. The van der Waals surface area contributed by atoms with Gasteiger partial charge in [-0.2, -0.15) is 0 Å². The first kappa shape index (κ1) is 16.6. The molecule has 0 radical (unpaired) electrons. The van der Waals surface area contributed by atoms with Crippen molar-refractivity contribution in [2.45, 2.75) is 31.6 Å². The Balaban J connectivity index is 0.000000383. The van der Waals surface area contributed by atoms with E-state index in [9.17, 15) is 14.4 Å². The lowest BCUT2D eigenvalue weighted by Crippen LogP contribution is -2.51. The second-order valence-corrected chi connectivity index (χ2v) is 4.66. The molecule has 1 atom stereocenters. The number of piperidine rings is 1. The zero-order valence-electron chi connectivity index (χ0n) is 11.8. The van der Waals surface area contributed by atoms with Gasteiger partial charge in [-0.25, -0.2) is 10.3 Å². The Morgan fingerprint density at radius 3 is 2.38 bits per heavy atom. The number of imide groups is 1. The van der Waals surface area contributed by atoms with Crippen LogP contribution in [0.2, 0.25) is 0 Å². The fraction of sp³-hybridized carbons (Fsp3) is 0.357. The molecule has 114 valence electrons. The van der Waals surface area contributed by atoms with Crippen molar-refractivity contribution in [1.29, 1.82) is 0 Å². The van der Waals surface area contributed by atoms with Crippen LogP contribution in [0.15, 0.2) is 30.3 Å². The van der Waals surface area contributed by atoms with Gasteiger partial charge in [0.25, 0.3) is 0 Å². The van der Waals surface area contributed by atoms with Crippen molar-refractivity contribution in [3.63, 3.8) is 0 Å². The van der Waals surface area contributed by atoms with Gasteiger partial charge < -0.3 is 5.73 Å². The molecule has 1 aromatic rings. The molecule has 0 bridgehead atoms. The van der Waals surface area contributed by atoms with Gasteiger partial charge in [-0.1, -0.05) is 37.3 Å². The number of urea groups is 1. The third kappa shape index (κ3) is 4.03. The molecule has 1 heterocycles. The van der Waals surface area contributed by atoms with Crippen LogP contribution in [-0.2, 0) is 15.0 Å². The van der Waals surface area contributed by atoms with Crippen molar-refractivity contribution in [3.8, 4) is 0 Å². The predicted molar refractivity (Wildman–Crippen MR) is 75.3 cm³/mol. The fourth-order valence-corrected chi connectivity index (χ4v) is 2.32. The molecule has 7 nitrogen and oxygen atoms in total. The number of rotatable bonds is 2. The van der Waals surface area contributed by atoms with Crippen molar-refractivity contribution < 1.29 is 19.6 Å². The molecule has 21 heavy (non-hydrogen) atoms. The van der Waals surface area contributed by atoms with E-state index in [0.29, 0.717) is 12.8 Å². The van der Waals surface area contributed by atoms with E-state index in [1.54, 1.807) is 0 Å². The number of primary amides is 1. The molecule has 1 saturated heterocycles. The van der Waals surface area contributed by atoms with Gasteiger partial charge in [0.1, 0.15) is 0 Å². The summed E-state index contributed by atoms with van der Waals surface area (Å²) in [6, 6.07) is 8.76. The molecular weight excluding hydrogens is 274 g/mol. The van der Waals surface area contributed by atoms with Gasteiger partial charge in [0.05, 0.1) is 5.41 Å². The van der Waals surface area contributed by atoms with Gasteiger partial charge in [-0.3, -0.25) is 20.1 Å². The molecule has 2 rings (SSSR count). The summed E-state index contributed by atoms with van der Waals surface area (Å²) in [6.45, 7) is 1.99. The summed E-state index contributed by atoms with van der Waals surface area (Å²) in [4.78, 5) is 32.4. The van der Waals surface area contributed by atoms with Crippen LogP contribution in [0.1, 0.15) is 31.7 Å². The maximum atomic E-state index is 12.0. The fourth-order valence-electron chi connectivity index (χ4n) is 2.32. The Labute approximate surface area is 122 Å². The third-order valence-electron chi connectivity index (χ3n) is 3.51. The third-order valence-corrected chi connectivity index (χ3v) is 3.51. The van der Waals surface area contributed by atoms with Gasteiger partial charge in [0.15, 0.2) is 0 Å². The van der Waals surface area contributed by atoms with Gasteiger partial charge in [0, 0.05) is 6.42 Å². The van der Waals surface area contributed by atoms with Crippen molar-refractivity contribution in [3.05, 3.63) is 35.9 Å². The molecule has 0 saturated carbocycles. The van der Waals surface area contributed by atoms with Gasteiger partial charge in [0.2, 0.25) is 11.8 Å². The molecule has 0 aromatic heterocycles. The number of hydroxylamine groups is 1. The Morgan fingerprint density at radius 2 is 1.95 bits per heavy atom. The van der Waals surface area contributed by atoms with E-state index in [-0.39, 0.29) is 11.8 Å². The lowest BCUT2D eigenvalue weighted by molar-refractivity contribution is -0.138. The van der Waals surface area contributed by atoms with Crippen LogP contribution in [0.25, 0.3) is 0 Å². The summed E-state index contributed by atoms with van der Waals surface area (Å²) in [5.74, 6) is -0.317. The molecule has 1 aliphatic rings.